The molecule has 1 aromatic carbocycles. The van der Waals surface area contributed by atoms with Crippen molar-refractivity contribution in [3.8, 4) is 0 Å². The summed E-state index contributed by atoms with van der Waals surface area (Å²) in [6.45, 7) is 1.24. The number of carboxylic acids is 1. The van der Waals surface area contributed by atoms with Crippen LogP contribution in [0, 0.1) is 5.82 Å². The quantitative estimate of drug-likeness (QED) is 0.840. The van der Waals surface area contributed by atoms with Crippen molar-refractivity contribution in [1.29, 1.82) is 0 Å². The van der Waals surface area contributed by atoms with E-state index in [4.69, 9.17) is 5.11 Å². The second kappa shape index (κ2) is 4.87. The van der Waals surface area contributed by atoms with E-state index in [9.17, 15) is 18.0 Å². The number of carbonyl (C=O) groups is 1. The highest BCUT2D eigenvalue weighted by Crippen LogP contribution is 2.17. The average molecular weight is 233 g/mol. The highest BCUT2D eigenvalue weighted by atomic mass is 19.3. The van der Waals surface area contributed by atoms with Gasteiger partial charge in [-0.2, -0.15) is 0 Å². The molecule has 1 aromatic rings. The zero-order valence-electron chi connectivity index (χ0n) is 8.38. The smallest absolute Gasteiger partial charge is 0.338 e. The van der Waals surface area contributed by atoms with Gasteiger partial charge in [0.2, 0.25) is 0 Å². The molecular weight excluding hydrogens is 223 g/mol. The van der Waals surface area contributed by atoms with Gasteiger partial charge in [-0.25, -0.2) is 18.0 Å². The molecule has 0 spiro atoms. The minimum atomic E-state index is -2.58. The topological polar surface area (TPSA) is 49.3 Å². The van der Waals surface area contributed by atoms with Crippen LogP contribution < -0.4 is 5.32 Å². The van der Waals surface area contributed by atoms with Crippen LogP contribution >= 0.6 is 0 Å². The monoisotopic (exact) mass is 233 g/mol. The lowest BCUT2D eigenvalue weighted by molar-refractivity contribution is 0.0692. The molecule has 0 saturated carbocycles. The van der Waals surface area contributed by atoms with Gasteiger partial charge in [0, 0.05) is 5.69 Å². The second-order valence-corrected chi connectivity index (χ2v) is 3.27. The molecule has 0 bridgehead atoms. The van der Waals surface area contributed by atoms with Crippen LogP contribution in [0.2, 0.25) is 0 Å². The number of hydrogen-bond donors (Lipinski definition) is 2. The molecule has 0 radical (unpaired) electrons. The molecule has 1 rings (SSSR count). The largest absolute Gasteiger partial charge is 0.478 e. The van der Waals surface area contributed by atoms with E-state index in [2.05, 4.69) is 5.32 Å². The summed E-state index contributed by atoms with van der Waals surface area (Å²) in [6.07, 6.45) is -2.58. The van der Waals surface area contributed by atoms with Crippen molar-refractivity contribution in [2.75, 3.05) is 5.32 Å². The molecule has 0 fully saturated rings. The molecule has 0 amide bonds. The Morgan fingerprint density at radius 1 is 1.44 bits per heavy atom. The maximum Gasteiger partial charge on any atom is 0.338 e. The number of halogens is 3. The molecule has 3 nitrogen and oxygen atoms in total. The highest BCUT2D eigenvalue weighted by Gasteiger charge is 2.16. The zero-order chi connectivity index (χ0) is 12.3. The molecular formula is C10H10F3NO2. The highest BCUT2D eigenvalue weighted by molar-refractivity contribution is 5.89. The third kappa shape index (κ3) is 2.88. The van der Waals surface area contributed by atoms with Crippen molar-refractivity contribution in [2.45, 2.75) is 19.4 Å². The number of nitrogens with one attached hydrogen (secondary N) is 1. The minimum absolute atomic E-state index is 0.145. The first-order chi connectivity index (χ1) is 7.41. The summed E-state index contributed by atoms with van der Waals surface area (Å²) >= 11 is 0. The predicted octanol–water partition coefficient (Wildman–Crippen LogP) is 2.59. The molecule has 6 heteroatoms. The Labute approximate surface area is 89.9 Å². The number of hydrogen-bond acceptors (Lipinski definition) is 2. The van der Waals surface area contributed by atoms with Gasteiger partial charge in [0.15, 0.2) is 0 Å². The first kappa shape index (κ1) is 12.4. The molecule has 2 N–H and O–H groups in total. The van der Waals surface area contributed by atoms with Gasteiger partial charge >= 0.3 is 5.97 Å². The van der Waals surface area contributed by atoms with E-state index in [0.29, 0.717) is 0 Å². The number of alkyl halides is 2. The SMILES string of the molecule is CC(Nc1ccc(F)c(C(=O)O)c1)C(F)F. The number of anilines is 1. The predicted molar refractivity (Wildman–Crippen MR) is 52.4 cm³/mol. The summed E-state index contributed by atoms with van der Waals surface area (Å²) in [7, 11) is 0. The van der Waals surface area contributed by atoms with Crippen LogP contribution in [0.1, 0.15) is 17.3 Å². The minimum Gasteiger partial charge on any atom is -0.478 e. The molecule has 0 aliphatic carbocycles. The third-order valence-electron chi connectivity index (χ3n) is 1.97. The van der Waals surface area contributed by atoms with Crippen LogP contribution in [0.4, 0.5) is 18.9 Å². The van der Waals surface area contributed by atoms with Gasteiger partial charge in [-0.1, -0.05) is 0 Å². The summed E-state index contributed by atoms with van der Waals surface area (Å²) in [5.74, 6) is -2.34. The van der Waals surface area contributed by atoms with Gasteiger partial charge in [0.1, 0.15) is 5.82 Å². The van der Waals surface area contributed by atoms with E-state index in [1.54, 1.807) is 0 Å². The number of carboxylic acid groups (broad SMARTS) is 1. The Hall–Kier alpha value is -1.72. The first-order valence-electron chi connectivity index (χ1n) is 4.49. The average Bonchev–Trinajstić information content (AvgIpc) is 2.20. The molecule has 0 aliphatic heterocycles. The summed E-state index contributed by atoms with van der Waals surface area (Å²) in [5.41, 5.74) is -0.405. The molecule has 0 aromatic heterocycles. The molecule has 0 aliphatic rings. The standard InChI is InChI=1S/C10H10F3NO2/c1-5(9(12)13)14-6-2-3-8(11)7(4-6)10(15)16/h2-5,9,14H,1H3,(H,15,16). The van der Waals surface area contributed by atoms with E-state index in [1.807, 2.05) is 0 Å². The Balaban J connectivity index is 2.91. The Bertz CT molecular complexity index is 396. The van der Waals surface area contributed by atoms with Crippen molar-refractivity contribution >= 4 is 11.7 Å². The summed E-state index contributed by atoms with van der Waals surface area (Å²) in [4.78, 5) is 10.6. The van der Waals surface area contributed by atoms with Crippen molar-refractivity contribution in [2.24, 2.45) is 0 Å². The number of aromatic carboxylic acids is 1. The van der Waals surface area contributed by atoms with Crippen LogP contribution in [-0.2, 0) is 0 Å². The molecule has 0 saturated heterocycles. The number of benzene rings is 1. The summed E-state index contributed by atoms with van der Waals surface area (Å²) in [6, 6.07) is 1.98. The molecule has 0 heterocycles. The second-order valence-electron chi connectivity index (χ2n) is 3.27. The lowest BCUT2D eigenvalue weighted by atomic mass is 10.2. The molecule has 1 unspecified atom stereocenters. The van der Waals surface area contributed by atoms with E-state index in [-0.39, 0.29) is 5.69 Å². The third-order valence-corrected chi connectivity index (χ3v) is 1.97. The maximum atomic E-state index is 13.0. The van der Waals surface area contributed by atoms with E-state index in [0.717, 1.165) is 12.1 Å². The summed E-state index contributed by atoms with van der Waals surface area (Å²) < 4.78 is 37.4. The number of rotatable bonds is 4. The van der Waals surface area contributed by atoms with Gasteiger partial charge in [-0.15, -0.1) is 0 Å². The van der Waals surface area contributed by atoms with Crippen LogP contribution in [0.3, 0.4) is 0 Å². The fourth-order valence-corrected chi connectivity index (χ4v) is 1.10. The van der Waals surface area contributed by atoms with Crippen molar-refractivity contribution in [1.82, 2.24) is 0 Å². The first-order valence-corrected chi connectivity index (χ1v) is 4.49. The lowest BCUT2D eigenvalue weighted by Crippen LogP contribution is -2.23. The van der Waals surface area contributed by atoms with Gasteiger partial charge in [-0.3, -0.25) is 0 Å². The van der Waals surface area contributed by atoms with Crippen LogP contribution in [0.5, 0.6) is 0 Å². The fraction of sp³-hybridized carbons (Fsp3) is 0.300. The maximum absolute atomic E-state index is 13.0. The van der Waals surface area contributed by atoms with E-state index in [1.165, 1.54) is 13.0 Å². The van der Waals surface area contributed by atoms with E-state index < -0.39 is 29.8 Å². The van der Waals surface area contributed by atoms with Crippen LogP contribution in [-0.4, -0.2) is 23.5 Å². The Kier molecular flexibility index (Phi) is 3.76. The molecule has 1 atom stereocenters. The molecule has 16 heavy (non-hydrogen) atoms. The van der Waals surface area contributed by atoms with Crippen molar-refractivity contribution in [3.05, 3.63) is 29.6 Å². The van der Waals surface area contributed by atoms with Gasteiger partial charge in [0.05, 0.1) is 11.6 Å². The lowest BCUT2D eigenvalue weighted by Gasteiger charge is -2.14. The van der Waals surface area contributed by atoms with Crippen LogP contribution in [0.15, 0.2) is 18.2 Å². The van der Waals surface area contributed by atoms with Gasteiger partial charge in [-0.05, 0) is 25.1 Å². The fourth-order valence-electron chi connectivity index (χ4n) is 1.10. The van der Waals surface area contributed by atoms with Gasteiger partial charge < -0.3 is 10.4 Å². The molecule has 88 valence electrons. The van der Waals surface area contributed by atoms with Crippen molar-refractivity contribution in [3.63, 3.8) is 0 Å². The zero-order valence-corrected chi connectivity index (χ0v) is 8.38. The summed E-state index contributed by atoms with van der Waals surface area (Å²) in [5, 5.41) is 11.0. The van der Waals surface area contributed by atoms with Crippen LogP contribution in [0.25, 0.3) is 0 Å². The Morgan fingerprint density at radius 3 is 2.56 bits per heavy atom. The Morgan fingerprint density at radius 2 is 2.06 bits per heavy atom. The van der Waals surface area contributed by atoms with Gasteiger partial charge in [0.25, 0.3) is 6.43 Å². The van der Waals surface area contributed by atoms with Crippen molar-refractivity contribution < 1.29 is 23.1 Å². The van der Waals surface area contributed by atoms with E-state index >= 15 is 0 Å². The normalized spacial score (nSPS) is 12.6.